The molecule has 2 heteroatoms. The Morgan fingerprint density at radius 3 is 2.16 bits per heavy atom. The van der Waals surface area contributed by atoms with E-state index in [1.54, 1.807) is 0 Å². The Labute approximate surface area is 114 Å². The number of Topliss-reactive ketones (excluding diaryl/α,β-unsaturated/α-hetero) is 2. The summed E-state index contributed by atoms with van der Waals surface area (Å²) in [7, 11) is 0. The molecule has 0 unspecified atom stereocenters. The maximum Gasteiger partial charge on any atom is 0.162 e. The van der Waals surface area contributed by atoms with Gasteiger partial charge in [-0.15, -0.1) is 0 Å². The fourth-order valence-electron chi connectivity index (χ4n) is 3.96. The summed E-state index contributed by atoms with van der Waals surface area (Å²) in [5.41, 5.74) is 2.98. The molecule has 3 rings (SSSR count). The molecule has 100 valence electrons. The largest absolute Gasteiger partial charge is 0.294 e. The molecule has 0 aromatic carbocycles. The van der Waals surface area contributed by atoms with Crippen LogP contribution < -0.4 is 0 Å². The Hall–Kier alpha value is -1.44. The maximum atomic E-state index is 12.5. The third-order valence-corrected chi connectivity index (χ3v) is 5.10. The summed E-state index contributed by atoms with van der Waals surface area (Å²) in [4.78, 5) is 25.0. The van der Waals surface area contributed by atoms with E-state index in [2.05, 4.69) is 13.0 Å². The summed E-state index contributed by atoms with van der Waals surface area (Å²) in [6.07, 6.45) is 8.12. The SMILES string of the molecule is CC1=CC[C@H]2C=C(C)[C@@H]3CC=C(C)C(=O)[C@H]3[C@@H]2C1=O. The van der Waals surface area contributed by atoms with Crippen molar-refractivity contribution in [1.82, 2.24) is 0 Å². The van der Waals surface area contributed by atoms with Crippen LogP contribution in [0, 0.1) is 23.7 Å². The third kappa shape index (κ3) is 1.77. The molecule has 4 atom stereocenters. The van der Waals surface area contributed by atoms with Crippen LogP contribution in [0.3, 0.4) is 0 Å². The number of rotatable bonds is 0. The zero-order chi connectivity index (χ0) is 13.7. The lowest BCUT2D eigenvalue weighted by Crippen LogP contribution is -2.45. The first-order valence-electron chi connectivity index (χ1n) is 7.11. The molecule has 0 spiro atoms. The highest BCUT2D eigenvalue weighted by molar-refractivity contribution is 6.05. The molecular weight excluding hydrogens is 236 g/mol. The third-order valence-electron chi connectivity index (χ3n) is 5.10. The minimum absolute atomic E-state index is 0.115. The predicted octanol–water partition coefficient (Wildman–Crippen LogP) is 3.25. The van der Waals surface area contributed by atoms with Gasteiger partial charge in [0.1, 0.15) is 0 Å². The van der Waals surface area contributed by atoms with Gasteiger partial charge >= 0.3 is 0 Å². The van der Waals surface area contributed by atoms with Crippen LogP contribution in [0.5, 0.6) is 0 Å². The second kappa shape index (κ2) is 4.29. The molecular formula is C17H20O2. The molecule has 0 aromatic heterocycles. The van der Waals surface area contributed by atoms with Crippen molar-refractivity contribution in [2.24, 2.45) is 23.7 Å². The van der Waals surface area contributed by atoms with Crippen molar-refractivity contribution in [2.45, 2.75) is 33.6 Å². The Kier molecular flexibility index (Phi) is 2.84. The molecule has 2 nitrogen and oxygen atoms in total. The molecule has 0 radical (unpaired) electrons. The van der Waals surface area contributed by atoms with E-state index >= 15 is 0 Å². The Balaban J connectivity index is 2.09. The minimum atomic E-state index is -0.116. The van der Waals surface area contributed by atoms with Crippen LogP contribution in [0.15, 0.2) is 34.9 Å². The molecule has 0 fully saturated rings. The van der Waals surface area contributed by atoms with E-state index in [-0.39, 0.29) is 35.2 Å². The van der Waals surface area contributed by atoms with E-state index in [4.69, 9.17) is 0 Å². The normalized spacial score (nSPS) is 37.9. The zero-order valence-corrected chi connectivity index (χ0v) is 11.8. The van der Waals surface area contributed by atoms with Crippen LogP contribution in [0.25, 0.3) is 0 Å². The summed E-state index contributed by atoms with van der Waals surface area (Å²) in [5, 5.41) is 0. The summed E-state index contributed by atoms with van der Waals surface area (Å²) in [6.45, 7) is 5.89. The summed E-state index contributed by atoms with van der Waals surface area (Å²) < 4.78 is 0. The molecule has 0 amide bonds. The number of hydrogen-bond acceptors (Lipinski definition) is 2. The first-order valence-corrected chi connectivity index (χ1v) is 7.11. The Bertz CT molecular complexity index is 548. The van der Waals surface area contributed by atoms with Gasteiger partial charge in [0.2, 0.25) is 0 Å². The fraction of sp³-hybridized carbons (Fsp3) is 0.529. The van der Waals surface area contributed by atoms with E-state index in [0.717, 1.165) is 24.0 Å². The topological polar surface area (TPSA) is 34.1 Å². The molecule has 3 aliphatic rings. The van der Waals surface area contributed by atoms with Gasteiger partial charge in [0.15, 0.2) is 11.6 Å². The van der Waals surface area contributed by atoms with Crippen molar-refractivity contribution in [2.75, 3.05) is 0 Å². The monoisotopic (exact) mass is 256 g/mol. The minimum Gasteiger partial charge on any atom is -0.294 e. The average molecular weight is 256 g/mol. The number of hydrogen-bond donors (Lipinski definition) is 0. The quantitative estimate of drug-likeness (QED) is 0.623. The predicted molar refractivity (Wildman–Crippen MR) is 74.5 cm³/mol. The highest BCUT2D eigenvalue weighted by Crippen LogP contribution is 2.47. The van der Waals surface area contributed by atoms with Crippen LogP contribution >= 0.6 is 0 Å². The van der Waals surface area contributed by atoms with Gasteiger partial charge in [-0.2, -0.15) is 0 Å². The van der Waals surface area contributed by atoms with Crippen LogP contribution in [0.1, 0.15) is 33.6 Å². The van der Waals surface area contributed by atoms with Crippen molar-refractivity contribution >= 4 is 11.6 Å². The van der Waals surface area contributed by atoms with Gasteiger partial charge in [-0.05, 0) is 56.6 Å². The lowest BCUT2D eigenvalue weighted by atomic mass is 9.58. The van der Waals surface area contributed by atoms with Crippen LogP contribution in [0.2, 0.25) is 0 Å². The van der Waals surface area contributed by atoms with Gasteiger partial charge in [-0.3, -0.25) is 9.59 Å². The first kappa shape index (κ1) is 12.6. The van der Waals surface area contributed by atoms with E-state index in [0.29, 0.717) is 0 Å². The smallest absolute Gasteiger partial charge is 0.162 e. The van der Waals surface area contributed by atoms with Crippen LogP contribution in [-0.2, 0) is 9.59 Å². The lowest BCUT2D eigenvalue weighted by molar-refractivity contribution is -0.132. The van der Waals surface area contributed by atoms with Gasteiger partial charge in [0.25, 0.3) is 0 Å². The average Bonchev–Trinajstić information content (AvgIpc) is 2.38. The van der Waals surface area contributed by atoms with Crippen LogP contribution in [-0.4, -0.2) is 11.6 Å². The summed E-state index contributed by atoms with van der Waals surface area (Å²) >= 11 is 0. The number of allylic oxidation sites excluding steroid dienone is 6. The van der Waals surface area contributed by atoms with E-state index < -0.39 is 0 Å². The molecule has 0 saturated carbocycles. The van der Waals surface area contributed by atoms with Gasteiger partial charge in [-0.25, -0.2) is 0 Å². The van der Waals surface area contributed by atoms with Crippen LogP contribution in [0.4, 0.5) is 0 Å². The zero-order valence-electron chi connectivity index (χ0n) is 11.8. The molecule has 3 aliphatic carbocycles. The molecule has 0 N–H and O–H groups in total. The van der Waals surface area contributed by atoms with Crippen molar-refractivity contribution in [3.63, 3.8) is 0 Å². The standard InChI is InChI=1S/C17H20O2/c1-9-4-6-12-8-11(3)13-7-5-10(2)17(19)15(13)14(12)16(9)18/h4-5,8,12-15H,6-7H2,1-3H3/t12-,13-,14+,15+/m0/s1. The van der Waals surface area contributed by atoms with E-state index in [1.165, 1.54) is 5.57 Å². The number of carbonyl (C=O) groups is 2. The van der Waals surface area contributed by atoms with Crippen molar-refractivity contribution < 1.29 is 9.59 Å². The number of fused-ring (bicyclic) bond motifs is 3. The van der Waals surface area contributed by atoms with E-state index in [9.17, 15) is 9.59 Å². The van der Waals surface area contributed by atoms with Crippen molar-refractivity contribution in [1.29, 1.82) is 0 Å². The van der Waals surface area contributed by atoms with Gasteiger partial charge in [-0.1, -0.05) is 23.8 Å². The highest BCUT2D eigenvalue weighted by atomic mass is 16.1. The van der Waals surface area contributed by atoms with Gasteiger partial charge in [0.05, 0.1) is 0 Å². The first-order chi connectivity index (χ1) is 9.00. The Morgan fingerprint density at radius 1 is 0.895 bits per heavy atom. The summed E-state index contributed by atoms with van der Waals surface area (Å²) in [5.74, 6) is 0.630. The van der Waals surface area contributed by atoms with E-state index in [1.807, 2.05) is 26.0 Å². The molecule has 0 heterocycles. The number of ketones is 2. The van der Waals surface area contributed by atoms with Crippen molar-refractivity contribution in [3.8, 4) is 0 Å². The van der Waals surface area contributed by atoms with Crippen molar-refractivity contribution in [3.05, 3.63) is 34.9 Å². The number of carbonyl (C=O) groups excluding carboxylic acids is 2. The summed E-state index contributed by atoms with van der Waals surface area (Å²) in [6, 6.07) is 0. The van der Waals surface area contributed by atoms with Gasteiger partial charge < -0.3 is 0 Å². The second-order valence-electron chi connectivity index (χ2n) is 6.21. The Morgan fingerprint density at radius 2 is 1.47 bits per heavy atom. The molecule has 0 bridgehead atoms. The lowest BCUT2D eigenvalue weighted by Gasteiger charge is -2.43. The second-order valence-corrected chi connectivity index (χ2v) is 6.21. The molecule has 0 saturated heterocycles. The molecule has 0 aliphatic heterocycles. The molecule has 0 aromatic rings. The van der Waals surface area contributed by atoms with Gasteiger partial charge in [0, 0.05) is 11.8 Å². The highest BCUT2D eigenvalue weighted by Gasteiger charge is 2.48. The fourth-order valence-corrected chi connectivity index (χ4v) is 3.96. The maximum absolute atomic E-state index is 12.5. The molecule has 19 heavy (non-hydrogen) atoms.